The van der Waals surface area contributed by atoms with Crippen LogP contribution in [0.1, 0.15) is 15.9 Å². The van der Waals surface area contributed by atoms with Crippen LogP contribution in [0.3, 0.4) is 0 Å². The van der Waals surface area contributed by atoms with Gasteiger partial charge in [0.05, 0.1) is 11.0 Å². The van der Waals surface area contributed by atoms with Crippen LogP contribution in [0, 0.1) is 0 Å². The molecule has 1 aliphatic heterocycles. The zero-order chi connectivity index (χ0) is 14.2. The van der Waals surface area contributed by atoms with Gasteiger partial charge in [0, 0.05) is 17.8 Å². The Morgan fingerprint density at radius 1 is 1.19 bits per heavy atom. The van der Waals surface area contributed by atoms with Crippen molar-refractivity contribution in [1.82, 2.24) is 9.97 Å². The van der Waals surface area contributed by atoms with Gasteiger partial charge < -0.3 is 10.3 Å². The zero-order valence-corrected chi connectivity index (χ0v) is 11.3. The second-order valence-electron chi connectivity index (χ2n) is 5.11. The molecule has 0 aliphatic carbocycles. The van der Waals surface area contributed by atoms with Crippen LogP contribution < -0.4 is 10.6 Å². The van der Waals surface area contributed by atoms with Crippen LogP contribution in [0.5, 0.6) is 0 Å². The molecule has 104 valence electrons. The molecule has 0 spiro atoms. The average molecular weight is 278 g/mol. The van der Waals surface area contributed by atoms with Crippen LogP contribution >= 0.6 is 0 Å². The highest BCUT2D eigenvalue weighted by atomic mass is 16.1. The van der Waals surface area contributed by atoms with Crippen LogP contribution in [0.25, 0.3) is 11.0 Å². The summed E-state index contributed by atoms with van der Waals surface area (Å²) < 4.78 is 0. The van der Waals surface area contributed by atoms with Crippen molar-refractivity contribution < 1.29 is 4.79 Å². The summed E-state index contributed by atoms with van der Waals surface area (Å²) in [6, 6.07) is 13.4. The van der Waals surface area contributed by atoms with Gasteiger partial charge in [0.1, 0.15) is 0 Å². The van der Waals surface area contributed by atoms with E-state index in [1.165, 1.54) is 5.56 Å². The van der Waals surface area contributed by atoms with Crippen LogP contribution in [0.2, 0.25) is 0 Å². The number of hydrogen-bond donors (Lipinski definition) is 3. The molecule has 0 saturated carbocycles. The molecule has 0 atom stereocenters. The molecule has 1 amide bonds. The Morgan fingerprint density at radius 3 is 3.00 bits per heavy atom. The van der Waals surface area contributed by atoms with Crippen molar-refractivity contribution >= 4 is 28.6 Å². The molecule has 3 N–H and O–H groups in total. The number of H-pyrrole nitrogens is 1. The van der Waals surface area contributed by atoms with E-state index < -0.39 is 0 Å². The lowest BCUT2D eigenvalue weighted by atomic mass is 10.1. The van der Waals surface area contributed by atoms with Gasteiger partial charge in [-0.1, -0.05) is 18.2 Å². The minimum Gasteiger partial charge on any atom is -0.384 e. The predicted octanol–water partition coefficient (Wildman–Crippen LogP) is 2.78. The van der Waals surface area contributed by atoms with E-state index in [9.17, 15) is 4.79 Å². The zero-order valence-electron chi connectivity index (χ0n) is 11.3. The predicted molar refractivity (Wildman–Crippen MR) is 82.7 cm³/mol. The monoisotopic (exact) mass is 278 g/mol. The van der Waals surface area contributed by atoms with Crippen LogP contribution in [0.4, 0.5) is 11.6 Å². The Kier molecular flexibility index (Phi) is 2.64. The van der Waals surface area contributed by atoms with Gasteiger partial charge in [0.25, 0.3) is 5.91 Å². The summed E-state index contributed by atoms with van der Waals surface area (Å²) in [5.74, 6) is 0.306. The molecule has 1 aliphatic rings. The summed E-state index contributed by atoms with van der Waals surface area (Å²) in [5, 5.41) is 6.08. The van der Waals surface area contributed by atoms with Crippen molar-refractivity contribution in [2.45, 2.75) is 6.42 Å². The smallest absolute Gasteiger partial charge is 0.258 e. The number of imidazole rings is 1. The Hall–Kier alpha value is -2.82. The molecule has 0 unspecified atom stereocenters. The standard InChI is InChI=1S/C16H14N4O/c21-15(11-6-5-10-7-8-17-14(10)9-11)20-16-18-12-3-1-2-4-13(12)19-16/h1-6,9,17H,7-8H2,(H2,18,19,20,21). The van der Waals surface area contributed by atoms with E-state index in [2.05, 4.69) is 20.6 Å². The Balaban J connectivity index is 1.60. The first kappa shape index (κ1) is 12.0. The lowest BCUT2D eigenvalue weighted by Crippen LogP contribution is -2.13. The number of hydrogen-bond acceptors (Lipinski definition) is 3. The maximum Gasteiger partial charge on any atom is 0.258 e. The van der Waals surface area contributed by atoms with Crippen molar-refractivity contribution in [1.29, 1.82) is 0 Å². The van der Waals surface area contributed by atoms with Crippen LogP contribution in [-0.4, -0.2) is 22.4 Å². The van der Waals surface area contributed by atoms with Gasteiger partial charge in [-0.25, -0.2) is 4.98 Å². The van der Waals surface area contributed by atoms with Crippen molar-refractivity contribution in [3.05, 3.63) is 53.6 Å². The molecule has 21 heavy (non-hydrogen) atoms. The topological polar surface area (TPSA) is 69.8 Å². The second kappa shape index (κ2) is 4.63. The first-order valence-corrected chi connectivity index (χ1v) is 6.92. The fourth-order valence-electron chi connectivity index (χ4n) is 2.62. The molecule has 5 nitrogen and oxygen atoms in total. The first-order chi connectivity index (χ1) is 10.3. The van der Waals surface area contributed by atoms with Gasteiger partial charge in [0.15, 0.2) is 0 Å². The van der Waals surface area contributed by atoms with Gasteiger partial charge in [-0.3, -0.25) is 10.1 Å². The van der Waals surface area contributed by atoms with E-state index in [0.29, 0.717) is 11.5 Å². The average Bonchev–Trinajstić information content (AvgIpc) is 3.11. The quantitative estimate of drug-likeness (QED) is 0.675. The molecule has 1 aromatic heterocycles. The number of anilines is 2. The van der Waals surface area contributed by atoms with E-state index in [1.807, 2.05) is 42.5 Å². The SMILES string of the molecule is O=C(Nc1nc2ccccc2[nH]1)c1ccc2c(c1)NCC2. The first-order valence-electron chi connectivity index (χ1n) is 6.92. The number of nitrogens with one attached hydrogen (secondary N) is 3. The largest absolute Gasteiger partial charge is 0.384 e. The number of para-hydroxylation sites is 2. The second-order valence-corrected chi connectivity index (χ2v) is 5.11. The fourth-order valence-corrected chi connectivity index (χ4v) is 2.62. The Labute approximate surface area is 121 Å². The lowest BCUT2D eigenvalue weighted by Gasteiger charge is -2.05. The normalized spacial score (nSPS) is 13.0. The third-order valence-corrected chi connectivity index (χ3v) is 3.70. The van der Waals surface area contributed by atoms with Crippen molar-refractivity contribution in [3.63, 3.8) is 0 Å². The lowest BCUT2D eigenvalue weighted by molar-refractivity contribution is 0.102. The number of amides is 1. The highest BCUT2D eigenvalue weighted by molar-refractivity contribution is 6.04. The van der Waals surface area contributed by atoms with E-state index in [-0.39, 0.29) is 5.91 Å². The summed E-state index contributed by atoms with van der Waals surface area (Å²) in [4.78, 5) is 19.7. The molecular formula is C16H14N4O. The van der Waals surface area contributed by atoms with Gasteiger partial charge >= 0.3 is 0 Å². The molecule has 4 rings (SSSR count). The van der Waals surface area contributed by atoms with Crippen LogP contribution in [-0.2, 0) is 6.42 Å². The van der Waals surface area contributed by atoms with Crippen molar-refractivity contribution in [2.75, 3.05) is 17.2 Å². The summed E-state index contributed by atoms with van der Waals surface area (Å²) in [5.41, 5.74) is 4.68. The maximum atomic E-state index is 12.3. The number of benzene rings is 2. The third kappa shape index (κ3) is 2.12. The molecule has 0 saturated heterocycles. The van der Waals surface area contributed by atoms with E-state index in [0.717, 1.165) is 29.7 Å². The molecule has 0 fully saturated rings. The molecule has 3 aromatic rings. The number of carbonyl (C=O) groups is 1. The Morgan fingerprint density at radius 2 is 2.10 bits per heavy atom. The molecule has 0 bridgehead atoms. The molecule has 2 aromatic carbocycles. The van der Waals surface area contributed by atoms with Gasteiger partial charge in [0.2, 0.25) is 5.95 Å². The number of rotatable bonds is 2. The Bertz CT molecular complexity index is 804. The number of aromatic nitrogens is 2. The summed E-state index contributed by atoms with van der Waals surface area (Å²) >= 11 is 0. The van der Waals surface area contributed by atoms with E-state index in [1.54, 1.807) is 0 Å². The number of carbonyl (C=O) groups excluding carboxylic acids is 1. The highest BCUT2D eigenvalue weighted by Gasteiger charge is 2.14. The van der Waals surface area contributed by atoms with E-state index >= 15 is 0 Å². The fraction of sp³-hybridized carbons (Fsp3) is 0.125. The van der Waals surface area contributed by atoms with Crippen molar-refractivity contribution in [2.24, 2.45) is 0 Å². The van der Waals surface area contributed by atoms with Gasteiger partial charge in [-0.2, -0.15) is 0 Å². The minimum absolute atomic E-state index is 0.162. The number of nitrogens with zero attached hydrogens (tertiary/aromatic N) is 1. The maximum absolute atomic E-state index is 12.3. The van der Waals surface area contributed by atoms with Gasteiger partial charge in [-0.05, 0) is 36.2 Å². The van der Waals surface area contributed by atoms with E-state index in [4.69, 9.17) is 0 Å². The molecule has 2 heterocycles. The molecule has 5 heteroatoms. The van der Waals surface area contributed by atoms with Crippen molar-refractivity contribution in [3.8, 4) is 0 Å². The molecule has 0 radical (unpaired) electrons. The number of aromatic amines is 1. The third-order valence-electron chi connectivity index (χ3n) is 3.70. The van der Waals surface area contributed by atoms with Crippen LogP contribution in [0.15, 0.2) is 42.5 Å². The highest BCUT2D eigenvalue weighted by Crippen LogP contribution is 2.23. The minimum atomic E-state index is -0.162. The van der Waals surface area contributed by atoms with Gasteiger partial charge in [-0.15, -0.1) is 0 Å². The summed E-state index contributed by atoms with van der Waals surface area (Å²) in [7, 11) is 0. The summed E-state index contributed by atoms with van der Waals surface area (Å²) in [6.07, 6.45) is 1.01. The number of fused-ring (bicyclic) bond motifs is 2. The molecular weight excluding hydrogens is 264 g/mol. The summed E-state index contributed by atoms with van der Waals surface area (Å²) in [6.45, 7) is 0.935.